The smallest absolute Gasteiger partial charge is 0.244 e. The quantitative estimate of drug-likeness (QED) is 0.806. The molecule has 2 rings (SSSR count). The second-order valence-corrected chi connectivity index (χ2v) is 7.41. The minimum absolute atomic E-state index is 0.0255. The van der Waals surface area contributed by atoms with Crippen LogP contribution in [0.2, 0.25) is 0 Å². The van der Waals surface area contributed by atoms with Gasteiger partial charge in [0, 0.05) is 6.04 Å². The molecule has 0 aliphatic heterocycles. The molecule has 0 amide bonds. The van der Waals surface area contributed by atoms with E-state index in [1.54, 1.807) is 18.5 Å². The van der Waals surface area contributed by atoms with Crippen molar-refractivity contribution >= 4 is 10.0 Å². The van der Waals surface area contributed by atoms with Crippen LogP contribution in [0.4, 0.5) is 0 Å². The van der Waals surface area contributed by atoms with Crippen LogP contribution in [-0.4, -0.2) is 36.0 Å². The van der Waals surface area contributed by atoms with Gasteiger partial charge in [-0.1, -0.05) is 25.7 Å². The van der Waals surface area contributed by atoms with Crippen molar-refractivity contribution in [2.45, 2.75) is 69.9 Å². The Morgan fingerprint density at radius 2 is 1.86 bits per heavy atom. The zero-order chi connectivity index (χ0) is 15.5. The first kappa shape index (κ1) is 16.5. The number of aliphatic hydroxyl groups excluding tert-OH is 1. The van der Waals surface area contributed by atoms with Crippen LogP contribution in [0.3, 0.4) is 0 Å². The summed E-state index contributed by atoms with van der Waals surface area (Å²) in [7, 11) is -3.55. The molecule has 6 nitrogen and oxygen atoms in total. The Morgan fingerprint density at radius 1 is 1.24 bits per heavy atom. The third-order valence-corrected chi connectivity index (χ3v) is 5.84. The highest BCUT2D eigenvalue weighted by Crippen LogP contribution is 2.23. The maximum Gasteiger partial charge on any atom is 0.244 e. The molecule has 0 saturated heterocycles. The molecule has 1 fully saturated rings. The zero-order valence-corrected chi connectivity index (χ0v) is 13.6. The van der Waals surface area contributed by atoms with E-state index in [4.69, 9.17) is 5.11 Å². The number of nitrogens with one attached hydrogen (secondary N) is 1. The molecule has 1 saturated carbocycles. The number of aliphatic hydroxyl groups is 1. The van der Waals surface area contributed by atoms with Crippen molar-refractivity contribution in [1.29, 1.82) is 0 Å². The van der Waals surface area contributed by atoms with E-state index in [0.717, 1.165) is 25.7 Å². The first-order chi connectivity index (χ1) is 9.95. The highest BCUT2D eigenvalue weighted by Gasteiger charge is 2.27. The molecule has 1 aromatic heterocycles. The summed E-state index contributed by atoms with van der Waals surface area (Å²) < 4.78 is 29.7. The van der Waals surface area contributed by atoms with Crippen molar-refractivity contribution in [2.75, 3.05) is 6.61 Å². The third-order valence-electron chi connectivity index (χ3n) is 4.07. The van der Waals surface area contributed by atoms with Crippen LogP contribution in [0.25, 0.3) is 0 Å². The van der Waals surface area contributed by atoms with Crippen LogP contribution in [0.5, 0.6) is 0 Å². The van der Waals surface area contributed by atoms with Crippen LogP contribution in [0.1, 0.15) is 49.9 Å². The average Bonchev–Trinajstić information content (AvgIpc) is 2.58. The fraction of sp³-hybridized carbons (Fsp3) is 0.786. The van der Waals surface area contributed by atoms with Crippen LogP contribution in [0.15, 0.2) is 4.90 Å². The molecule has 21 heavy (non-hydrogen) atoms. The molecule has 120 valence electrons. The lowest BCUT2D eigenvalue weighted by atomic mass is 10.1. The predicted octanol–water partition coefficient (Wildman–Crippen LogP) is 1.49. The predicted molar refractivity (Wildman–Crippen MR) is 80.6 cm³/mol. The van der Waals surface area contributed by atoms with E-state index in [1.807, 2.05) is 0 Å². The summed E-state index contributed by atoms with van der Waals surface area (Å²) >= 11 is 0. The summed E-state index contributed by atoms with van der Waals surface area (Å²) in [5.74, 6) is 0. The van der Waals surface area contributed by atoms with Gasteiger partial charge in [0.15, 0.2) is 0 Å². The number of sulfonamides is 1. The Morgan fingerprint density at radius 3 is 2.43 bits per heavy atom. The Hall–Kier alpha value is -0.920. The largest absolute Gasteiger partial charge is 0.394 e. The molecular weight excluding hydrogens is 290 g/mol. The maximum absolute atomic E-state index is 12.6. The maximum atomic E-state index is 12.6. The number of hydrogen-bond acceptors (Lipinski definition) is 4. The van der Waals surface area contributed by atoms with Crippen molar-refractivity contribution in [1.82, 2.24) is 14.5 Å². The second-order valence-electron chi connectivity index (χ2n) is 5.76. The third kappa shape index (κ3) is 3.84. The van der Waals surface area contributed by atoms with E-state index in [0.29, 0.717) is 17.9 Å². The van der Waals surface area contributed by atoms with Crippen LogP contribution < -0.4 is 4.72 Å². The Kier molecular flexibility index (Phi) is 5.40. The van der Waals surface area contributed by atoms with Crippen LogP contribution in [-0.2, 0) is 16.6 Å². The minimum atomic E-state index is -3.55. The van der Waals surface area contributed by atoms with Crippen molar-refractivity contribution in [3.63, 3.8) is 0 Å². The van der Waals surface area contributed by atoms with Crippen molar-refractivity contribution in [2.24, 2.45) is 0 Å². The van der Waals surface area contributed by atoms with Gasteiger partial charge in [-0.15, -0.1) is 0 Å². The SMILES string of the molecule is Cc1nn(CCO)c(C)c1S(=O)(=O)NC1CCCCCC1. The summed E-state index contributed by atoms with van der Waals surface area (Å²) in [6.45, 7) is 3.68. The average molecular weight is 315 g/mol. The monoisotopic (exact) mass is 315 g/mol. The van der Waals surface area contributed by atoms with Gasteiger partial charge in [0.1, 0.15) is 4.90 Å². The first-order valence-electron chi connectivity index (χ1n) is 7.63. The van der Waals surface area contributed by atoms with Crippen molar-refractivity contribution in [3.05, 3.63) is 11.4 Å². The number of rotatable bonds is 5. The molecule has 0 atom stereocenters. The first-order valence-corrected chi connectivity index (χ1v) is 9.11. The standard InChI is InChI=1S/C14H25N3O3S/c1-11-14(12(2)17(15-11)9-10-18)21(19,20)16-13-7-5-3-4-6-8-13/h13,16,18H,3-10H2,1-2H3. The van der Waals surface area contributed by atoms with E-state index in [-0.39, 0.29) is 17.5 Å². The molecule has 1 aliphatic rings. The molecule has 0 bridgehead atoms. The molecule has 0 aromatic carbocycles. The van der Waals surface area contributed by atoms with E-state index in [9.17, 15) is 8.42 Å². The zero-order valence-electron chi connectivity index (χ0n) is 12.8. The molecule has 0 radical (unpaired) electrons. The molecule has 1 aromatic rings. The number of aromatic nitrogens is 2. The van der Waals surface area contributed by atoms with E-state index in [2.05, 4.69) is 9.82 Å². The highest BCUT2D eigenvalue weighted by molar-refractivity contribution is 7.89. The van der Waals surface area contributed by atoms with Gasteiger partial charge >= 0.3 is 0 Å². The lowest BCUT2D eigenvalue weighted by Crippen LogP contribution is -2.35. The Labute approximate surface area is 126 Å². The van der Waals surface area contributed by atoms with Gasteiger partial charge in [-0.25, -0.2) is 13.1 Å². The molecule has 1 aliphatic carbocycles. The summed E-state index contributed by atoms with van der Waals surface area (Å²) in [5.41, 5.74) is 1.07. The number of nitrogens with zero attached hydrogens (tertiary/aromatic N) is 2. The topological polar surface area (TPSA) is 84.2 Å². The van der Waals surface area contributed by atoms with Gasteiger partial charge in [-0.2, -0.15) is 5.10 Å². The van der Waals surface area contributed by atoms with Crippen molar-refractivity contribution < 1.29 is 13.5 Å². The summed E-state index contributed by atoms with van der Waals surface area (Å²) in [4.78, 5) is 0.264. The van der Waals surface area contributed by atoms with Gasteiger partial charge < -0.3 is 5.11 Å². The van der Waals surface area contributed by atoms with Gasteiger partial charge in [0.25, 0.3) is 0 Å². The lowest BCUT2D eigenvalue weighted by Gasteiger charge is -2.16. The molecule has 2 N–H and O–H groups in total. The van der Waals surface area contributed by atoms with Gasteiger partial charge in [-0.3, -0.25) is 4.68 Å². The van der Waals surface area contributed by atoms with Gasteiger partial charge in [0.05, 0.1) is 24.5 Å². The molecule has 0 spiro atoms. The minimum Gasteiger partial charge on any atom is -0.394 e. The molecule has 1 heterocycles. The van der Waals surface area contributed by atoms with Gasteiger partial charge in [-0.05, 0) is 26.7 Å². The molecular formula is C14H25N3O3S. The number of aryl methyl sites for hydroxylation is 1. The lowest BCUT2D eigenvalue weighted by molar-refractivity contribution is 0.267. The van der Waals surface area contributed by atoms with Gasteiger partial charge in [0.2, 0.25) is 10.0 Å². The van der Waals surface area contributed by atoms with E-state index >= 15 is 0 Å². The molecule has 0 unspecified atom stereocenters. The Balaban J connectivity index is 2.22. The second kappa shape index (κ2) is 6.89. The van der Waals surface area contributed by atoms with E-state index < -0.39 is 10.0 Å². The van der Waals surface area contributed by atoms with E-state index in [1.165, 1.54) is 12.8 Å². The number of hydrogen-bond donors (Lipinski definition) is 2. The van der Waals surface area contributed by atoms with Crippen LogP contribution >= 0.6 is 0 Å². The normalized spacial score (nSPS) is 17.9. The fourth-order valence-corrected chi connectivity index (χ4v) is 4.77. The summed E-state index contributed by atoms with van der Waals surface area (Å²) in [6.07, 6.45) is 6.34. The highest BCUT2D eigenvalue weighted by atomic mass is 32.2. The van der Waals surface area contributed by atoms with Crippen LogP contribution in [0, 0.1) is 13.8 Å². The van der Waals surface area contributed by atoms with Crippen molar-refractivity contribution in [3.8, 4) is 0 Å². The summed E-state index contributed by atoms with van der Waals surface area (Å²) in [5, 5.41) is 13.2. The Bertz CT molecular complexity index is 573. The summed E-state index contributed by atoms with van der Waals surface area (Å²) in [6, 6.07) is 0.0255. The fourth-order valence-electron chi connectivity index (χ4n) is 3.06. The molecule has 7 heteroatoms.